The van der Waals surface area contributed by atoms with Gasteiger partial charge in [0.2, 0.25) is 12.7 Å². The zero-order valence-corrected chi connectivity index (χ0v) is 20.1. The highest BCUT2D eigenvalue weighted by atomic mass is 16.7. The van der Waals surface area contributed by atoms with Crippen molar-refractivity contribution in [2.24, 2.45) is 5.92 Å². The molecule has 4 rings (SSSR count). The van der Waals surface area contributed by atoms with Crippen LogP contribution in [-0.2, 0) is 24.4 Å². The van der Waals surface area contributed by atoms with Gasteiger partial charge in [0.15, 0.2) is 11.5 Å². The number of nitrogens with one attached hydrogen (secondary N) is 1. The summed E-state index contributed by atoms with van der Waals surface area (Å²) in [5, 5.41) is 2.94. The van der Waals surface area contributed by atoms with Crippen molar-refractivity contribution in [3.63, 3.8) is 0 Å². The van der Waals surface area contributed by atoms with E-state index in [0.717, 1.165) is 11.1 Å². The molecule has 1 aliphatic rings. The molecule has 1 aliphatic heterocycles. The van der Waals surface area contributed by atoms with E-state index >= 15 is 0 Å². The molecule has 0 unspecified atom stereocenters. The second-order valence-corrected chi connectivity index (χ2v) is 8.94. The molecule has 0 saturated carbocycles. The molecule has 8 nitrogen and oxygen atoms in total. The fourth-order valence-electron chi connectivity index (χ4n) is 3.89. The molecular weight excluding hydrogens is 446 g/mol. The zero-order chi connectivity index (χ0) is 24.6. The molecule has 2 heterocycles. The number of fused-ring (bicyclic) bond motifs is 1. The Balaban J connectivity index is 1.46. The molecule has 8 heteroatoms. The van der Waals surface area contributed by atoms with Gasteiger partial charge in [0.25, 0.3) is 0 Å². The third kappa shape index (κ3) is 6.79. The average molecular weight is 478 g/mol. The summed E-state index contributed by atoms with van der Waals surface area (Å²) in [5.41, 5.74) is 1.90. The smallest absolute Gasteiger partial charge is 0.318 e. The van der Waals surface area contributed by atoms with Crippen LogP contribution >= 0.6 is 0 Å². The van der Waals surface area contributed by atoms with Gasteiger partial charge in [-0.25, -0.2) is 4.79 Å². The van der Waals surface area contributed by atoms with Gasteiger partial charge in [0.05, 0.1) is 12.8 Å². The summed E-state index contributed by atoms with van der Waals surface area (Å²) >= 11 is 0. The van der Waals surface area contributed by atoms with Crippen LogP contribution in [-0.4, -0.2) is 41.6 Å². The second-order valence-electron chi connectivity index (χ2n) is 8.94. The highest BCUT2D eigenvalue weighted by Crippen LogP contribution is 2.33. The van der Waals surface area contributed by atoms with Crippen LogP contribution < -0.4 is 14.8 Å². The highest BCUT2D eigenvalue weighted by Gasteiger charge is 2.24. The number of ether oxygens (including phenoxy) is 2. The van der Waals surface area contributed by atoms with Gasteiger partial charge in [0.1, 0.15) is 12.3 Å². The SMILES string of the molecule is CC(C)CN(CC(=O)N(Cc1ccc2c(c1)OCO2)Cc1ccco1)C(=O)NCc1ccccc1. The van der Waals surface area contributed by atoms with Crippen LogP contribution in [0, 0.1) is 5.92 Å². The lowest BCUT2D eigenvalue weighted by Crippen LogP contribution is -2.47. The first-order chi connectivity index (χ1) is 17.0. The van der Waals surface area contributed by atoms with Gasteiger partial charge in [-0.1, -0.05) is 50.2 Å². The largest absolute Gasteiger partial charge is 0.467 e. The van der Waals surface area contributed by atoms with E-state index in [9.17, 15) is 9.59 Å². The first-order valence-electron chi connectivity index (χ1n) is 11.7. The van der Waals surface area contributed by atoms with Crippen LogP contribution in [0.25, 0.3) is 0 Å². The summed E-state index contributed by atoms with van der Waals surface area (Å²) in [5.74, 6) is 2.06. The summed E-state index contributed by atoms with van der Waals surface area (Å²) in [4.78, 5) is 29.8. The number of nitrogens with zero attached hydrogens (tertiary/aromatic N) is 2. The Bertz CT molecular complexity index is 1120. The minimum absolute atomic E-state index is 0.0376. The predicted octanol–water partition coefficient (Wildman–Crippen LogP) is 4.40. The van der Waals surface area contributed by atoms with E-state index in [2.05, 4.69) is 5.32 Å². The Hall–Kier alpha value is -3.94. The highest BCUT2D eigenvalue weighted by molar-refractivity contribution is 5.84. The quantitative estimate of drug-likeness (QED) is 0.468. The first-order valence-corrected chi connectivity index (χ1v) is 11.7. The van der Waals surface area contributed by atoms with Gasteiger partial charge in [-0.2, -0.15) is 0 Å². The Kier molecular flexibility index (Phi) is 7.92. The standard InChI is InChI=1S/C27H31N3O5/c1-20(2)15-30(27(32)28-14-21-7-4-3-5-8-21)18-26(31)29(17-23-9-6-12-33-23)16-22-10-11-24-25(13-22)35-19-34-24/h3-13,20H,14-19H2,1-2H3,(H,28,32). The fraction of sp³-hybridized carbons (Fsp3) is 0.333. The van der Waals surface area contributed by atoms with Gasteiger partial charge in [-0.3, -0.25) is 4.79 Å². The lowest BCUT2D eigenvalue weighted by atomic mass is 10.1. The first kappa shape index (κ1) is 24.2. The molecule has 0 aliphatic carbocycles. The maximum atomic E-state index is 13.5. The summed E-state index contributed by atoms with van der Waals surface area (Å²) in [6.45, 7) is 5.70. The monoisotopic (exact) mass is 477 g/mol. The molecule has 3 aromatic rings. The number of benzene rings is 2. The summed E-state index contributed by atoms with van der Waals surface area (Å²) in [6.07, 6.45) is 1.58. The number of hydrogen-bond donors (Lipinski definition) is 1. The summed E-state index contributed by atoms with van der Waals surface area (Å²) in [7, 11) is 0. The number of hydrogen-bond acceptors (Lipinski definition) is 5. The molecule has 0 fully saturated rings. The van der Waals surface area contributed by atoms with E-state index < -0.39 is 0 Å². The fourth-order valence-corrected chi connectivity index (χ4v) is 3.89. The predicted molar refractivity (Wildman–Crippen MR) is 131 cm³/mol. The number of carbonyl (C=O) groups is 2. The van der Waals surface area contributed by atoms with Gasteiger partial charge in [0, 0.05) is 19.6 Å². The molecule has 0 spiro atoms. The van der Waals surface area contributed by atoms with Crippen molar-refractivity contribution in [2.75, 3.05) is 19.9 Å². The molecule has 1 aromatic heterocycles. The van der Waals surface area contributed by atoms with E-state index in [0.29, 0.717) is 43.4 Å². The van der Waals surface area contributed by atoms with Crippen molar-refractivity contribution in [3.05, 3.63) is 83.8 Å². The molecule has 0 radical (unpaired) electrons. The van der Waals surface area contributed by atoms with E-state index in [-0.39, 0.29) is 31.2 Å². The minimum atomic E-state index is -0.267. The van der Waals surface area contributed by atoms with Crippen LogP contribution in [0.5, 0.6) is 11.5 Å². The summed E-state index contributed by atoms with van der Waals surface area (Å²) in [6, 6.07) is 18.7. The van der Waals surface area contributed by atoms with Crippen LogP contribution in [0.4, 0.5) is 4.79 Å². The normalized spacial score (nSPS) is 12.0. The van der Waals surface area contributed by atoms with Gasteiger partial charge in [-0.05, 0) is 41.3 Å². The number of carbonyl (C=O) groups excluding carboxylic acids is 2. The number of furan rings is 1. The Morgan fingerprint density at radius 2 is 1.71 bits per heavy atom. The Morgan fingerprint density at radius 1 is 0.914 bits per heavy atom. The maximum absolute atomic E-state index is 13.5. The Morgan fingerprint density at radius 3 is 2.46 bits per heavy atom. The van der Waals surface area contributed by atoms with Gasteiger partial charge in [-0.15, -0.1) is 0 Å². The van der Waals surface area contributed by atoms with Crippen molar-refractivity contribution < 1.29 is 23.5 Å². The van der Waals surface area contributed by atoms with E-state index in [4.69, 9.17) is 13.9 Å². The minimum Gasteiger partial charge on any atom is -0.467 e. The number of rotatable bonds is 10. The molecular formula is C27H31N3O5. The Labute approximate surface area is 205 Å². The van der Waals surface area contributed by atoms with Crippen molar-refractivity contribution in [2.45, 2.75) is 33.5 Å². The van der Waals surface area contributed by atoms with Crippen LogP contribution in [0.3, 0.4) is 0 Å². The van der Waals surface area contributed by atoms with Gasteiger partial charge < -0.3 is 29.0 Å². The molecule has 35 heavy (non-hydrogen) atoms. The lowest BCUT2D eigenvalue weighted by molar-refractivity contribution is -0.133. The van der Waals surface area contributed by atoms with Crippen molar-refractivity contribution in [1.29, 1.82) is 0 Å². The average Bonchev–Trinajstić information content (AvgIpc) is 3.53. The van der Waals surface area contributed by atoms with E-state index in [1.54, 1.807) is 22.1 Å². The number of urea groups is 1. The summed E-state index contributed by atoms with van der Waals surface area (Å²) < 4.78 is 16.4. The number of amides is 3. The van der Waals surface area contributed by atoms with Gasteiger partial charge >= 0.3 is 6.03 Å². The lowest BCUT2D eigenvalue weighted by Gasteiger charge is -2.28. The zero-order valence-electron chi connectivity index (χ0n) is 20.1. The molecule has 0 bridgehead atoms. The maximum Gasteiger partial charge on any atom is 0.318 e. The molecule has 3 amide bonds. The van der Waals surface area contributed by atoms with E-state index in [1.165, 1.54) is 0 Å². The topological polar surface area (TPSA) is 84.2 Å². The van der Waals surface area contributed by atoms with Crippen LogP contribution in [0.1, 0.15) is 30.7 Å². The molecule has 184 valence electrons. The molecule has 2 aromatic carbocycles. The third-order valence-electron chi connectivity index (χ3n) is 5.58. The van der Waals surface area contributed by atoms with Crippen molar-refractivity contribution in [3.8, 4) is 11.5 Å². The van der Waals surface area contributed by atoms with Crippen LogP contribution in [0.2, 0.25) is 0 Å². The molecule has 1 N–H and O–H groups in total. The second kappa shape index (κ2) is 11.5. The van der Waals surface area contributed by atoms with Crippen LogP contribution in [0.15, 0.2) is 71.3 Å². The molecule has 0 atom stereocenters. The van der Waals surface area contributed by atoms with Crippen molar-refractivity contribution >= 4 is 11.9 Å². The third-order valence-corrected chi connectivity index (χ3v) is 5.58. The van der Waals surface area contributed by atoms with Crippen molar-refractivity contribution in [1.82, 2.24) is 15.1 Å². The van der Waals surface area contributed by atoms with E-state index in [1.807, 2.05) is 68.4 Å². The molecule has 0 saturated heterocycles.